The summed E-state index contributed by atoms with van der Waals surface area (Å²) < 4.78 is 26.6. The van der Waals surface area contributed by atoms with Crippen LogP contribution in [0.2, 0.25) is 0 Å². The number of carbonyl (C=O) groups excluding carboxylic acids is 3. The van der Waals surface area contributed by atoms with Crippen LogP contribution in [0.4, 0.5) is 0 Å². The molecule has 1 N–H and O–H groups in total. The van der Waals surface area contributed by atoms with E-state index in [0.29, 0.717) is 36.0 Å². The fraction of sp³-hybridized carbons (Fsp3) is 0.348. The van der Waals surface area contributed by atoms with Gasteiger partial charge in [-0.1, -0.05) is 6.07 Å². The standard InChI is InChI=1S/C23H25NO8/c1-14(16-4-6-19-21(10-16)30-9-8-29-19)24-22(26)12-32-23(27)13-31-18-7-5-17(15(2)25)11-20(18)28-3/h4-7,10-11,14H,8-9,12-13H2,1-3H3,(H,24,26). The van der Waals surface area contributed by atoms with Crippen LogP contribution in [-0.4, -0.2) is 51.2 Å². The van der Waals surface area contributed by atoms with Crippen molar-refractivity contribution < 1.29 is 38.1 Å². The SMILES string of the molecule is COc1cc(C(C)=O)ccc1OCC(=O)OCC(=O)NC(C)c1ccc2c(c1)OCCO2. The monoisotopic (exact) mass is 443 g/mol. The molecule has 9 heteroatoms. The largest absolute Gasteiger partial charge is 0.493 e. The van der Waals surface area contributed by atoms with Crippen LogP contribution >= 0.6 is 0 Å². The summed E-state index contributed by atoms with van der Waals surface area (Å²) in [5.41, 5.74) is 1.29. The summed E-state index contributed by atoms with van der Waals surface area (Å²) in [6.45, 7) is 3.36. The Morgan fingerprint density at radius 1 is 1.00 bits per heavy atom. The first kappa shape index (κ1) is 22.9. The normalized spacial score (nSPS) is 13.0. The number of rotatable bonds is 9. The van der Waals surface area contributed by atoms with Gasteiger partial charge >= 0.3 is 5.97 Å². The summed E-state index contributed by atoms with van der Waals surface area (Å²) in [6, 6.07) is 9.74. The molecule has 1 heterocycles. The molecule has 9 nitrogen and oxygen atoms in total. The predicted molar refractivity (Wildman–Crippen MR) is 113 cm³/mol. The van der Waals surface area contributed by atoms with Gasteiger partial charge < -0.3 is 29.0 Å². The van der Waals surface area contributed by atoms with E-state index in [9.17, 15) is 14.4 Å². The highest BCUT2D eigenvalue weighted by molar-refractivity contribution is 5.94. The second-order valence-corrected chi connectivity index (χ2v) is 7.06. The minimum atomic E-state index is -0.718. The molecule has 0 saturated heterocycles. The Labute approximate surface area is 185 Å². The molecule has 32 heavy (non-hydrogen) atoms. The molecule has 0 spiro atoms. The predicted octanol–water partition coefficient (Wildman–Crippen LogP) is 2.47. The van der Waals surface area contributed by atoms with E-state index >= 15 is 0 Å². The third kappa shape index (κ3) is 5.90. The van der Waals surface area contributed by atoms with E-state index in [1.807, 2.05) is 19.1 Å². The number of benzene rings is 2. The second-order valence-electron chi connectivity index (χ2n) is 7.06. The fourth-order valence-electron chi connectivity index (χ4n) is 3.03. The lowest BCUT2D eigenvalue weighted by molar-refractivity contribution is -0.150. The number of hydrogen-bond donors (Lipinski definition) is 1. The molecule has 1 aliphatic heterocycles. The summed E-state index contributed by atoms with van der Waals surface area (Å²) in [5, 5.41) is 2.76. The van der Waals surface area contributed by atoms with Crippen molar-refractivity contribution in [3.8, 4) is 23.0 Å². The van der Waals surface area contributed by atoms with Crippen molar-refractivity contribution in [3.63, 3.8) is 0 Å². The Kier molecular flexibility index (Phi) is 7.54. The minimum Gasteiger partial charge on any atom is -0.493 e. The van der Waals surface area contributed by atoms with Gasteiger partial charge in [0.05, 0.1) is 13.2 Å². The van der Waals surface area contributed by atoms with Gasteiger partial charge in [-0.2, -0.15) is 0 Å². The van der Waals surface area contributed by atoms with Gasteiger partial charge in [-0.15, -0.1) is 0 Å². The average Bonchev–Trinajstić information content (AvgIpc) is 2.80. The Hall–Kier alpha value is -3.75. The van der Waals surface area contributed by atoms with E-state index in [1.165, 1.54) is 26.2 Å². The van der Waals surface area contributed by atoms with Crippen LogP contribution in [0, 0.1) is 0 Å². The number of Topliss-reactive ketones (excluding diaryl/α,β-unsaturated/α-hetero) is 1. The smallest absolute Gasteiger partial charge is 0.344 e. The Bertz CT molecular complexity index is 1000. The zero-order valence-electron chi connectivity index (χ0n) is 18.1. The van der Waals surface area contributed by atoms with E-state index in [4.69, 9.17) is 23.7 Å². The molecule has 0 radical (unpaired) electrons. The van der Waals surface area contributed by atoms with Crippen molar-refractivity contribution in [1.82, 2.24) is 5.32 Å². The van der Waals surface area contributed by atoms with Crippen molar-refractivity contribution in [2.75, 3.05) is 33.5 Å². The first-order valence-corrected chi connectivity index (χ1v) is 10.0. The molecular formula is C23H25NO8. The van der Waals surface area contributed by atoms with Gasteiger partial charge in [-0.25, -0.2) is 4.79 Å². The van der Waals surface area contributed by atoms with Gasteiger partial charge in [-0.3, -0.25) is 9.59 Å². The number of fused-ring (bicyclic) bond motifs is 1. The Morgan fingerprint density at radius 2 is 1.75 bits per heavy atom. The quantitative estimate of drug-likeness (QED) is 0.465. The van der Waals surface area contributed by atoms with Crippen LogP contribution in [0.5, 0.6) is 23.0 Å². The number of ketones is 1. The van der Waals surface area contributed by atoms with Crippen molar-refractivity contribution in [2.24, 2.45) is 0 Å². The summed E-state index contributed by atoms with van der Waals surface area (Å²) in [5.74, 6) is 0.604. The molecule has 2 aromatic carbocycles. The molecule has 1 amide bonds. The van der Waals surface area contributed by atoms with Crippen molar-refractivity contribution in [2.45, 2.75) is 19.9 Å². The third-order valence-electron chi connectivity index (χ3n) is 4.72. The lowest BCUT2D eigenvalue weighted by Gasteiger charge is -2.21. The van der Waals surface area contributed by atoms with Gasteiger partial charge in [0.1, 0.15) is 13.2 Å². The number of hydrogen-bond acceptors (Lipinski definition) is 8. The summed E-state index contributed by atoms with van der Waals surface area (Å²) in [4.78, 5) is 35.6. The third-order valence-corrected chi connectivity index (χ3v) is 4.72. The summed E-state index contributed by atoms with van der Waals surface area (Å²) >= 11 is 0. The maximum absolute atomic E-state index is 12.2. The second kappa shape index (κ2) is 10.5. The minimum absolute atomic E-state index is 0.120. The van der Waals surface area contributed by atoms with Gasteiger partial charge in [0.15, 0.2) is 42.0 Å². The zero-order chi connectivity index (χ0) is 23.1. The van der Waals surface area contributed by atoms with Crippen molar-refractivity contribution >= 4 is 17.7 Å². The number of amides is 1. The van der Waals surface area contributed by atoms with Gasteiger partial charge in [0.2, 0.25) is 0 Å². The van der Waals surface area contributed by atoms with E-state index in [-0.39, 0.29) is 17.6 Å². The molecule has 0 aliphatic carbocycles. The number of nitrogens with one attached hydrogen (secondary N) is 1. The number of ether oxygens (including phenoxy) is 5. The molecule has 0 bridgehead atoms. The first-order valence-electron chi connectivity index (χ1n) is 10.0. The van der Waals surface area contributed by atoms with E-state index in [2.05, 4.69) is 5.32 Å². The topological polar surface area (TPSA) is 109 Å². The zero-order valence-corrected chi connectivity index (χ0v) is 18.1. The fourth-order valence-corrected chi connectivity index (χ4v) is 3.03. The molecular weight excluding hydrogens is 418 g/mol. The van der Waals surface area contributed by atoms with Crippen LogP contribution in [0.1, 0.15) is 35.8 Å². The maximum Gasteiger partial charge on any atom is 0.344 e. The highest BCUT2D eigenvalue weighted by Crippen LogP contribution is 2.32. The summed E-state index contributed by atoms with van der Waals surface area (Å²) in [6.07, 6.45) is 0. The van der Waals surface area contributed by atoms with Crippen LogP contribution in [0.3, 0.4) is 0 Å². The van der Waals surface area contributed by atoms with Crippen LogP contribution in [0.15, 0.2) is 36.4 Å². The van der Waals surface area contributed by atoms with E-state index in [0.717, 1.165) is 5.56 Å². The van der Waals surface area contributed by atoms with Crippen molar-refractivity contribution in [3.05, 3.63) is 47.5 Å². The highest BCUT2D eigenvalue weighted by Gasteiger charge is 2.17. The van der Waals surface area contributed by atoms with Crippen molar-refractivity contribution in [1.29, 1.82) is 0 Å². The lowest BCUT2D eigenvalue weighted by Crippen LogP contribution is -2.32. The maximum atomic E-state index is 12.2. The van der Waals surface area contributed by atoms with Crippen LogP contribution < -0.4 is 24.3 Å². The number of carbonyl (C=O) groups is 3. The molecule has 0 aromatic heterocycles. The van der Waals surface area contributed by atoms with Gasteiger partial charge in [0, 0.05) is 5.56 Å². The molecule has 170 valence electrons. The van der Waals surface area contributed by atoms with Gasteiger partial charge in [-0.05, 0) is 49.7 Å². The molecule has 2 aromatic rings. The average molecular weight is 443 g/mol. The highest BCUT2D eigenvalue weighted by atomic mass is 16.6. The molecule has 1 aliphatic rings. The van der Waals surface area contributed by atoms with E-state index in [1.54, 1.807) is 12.1 Å². The molecule has 0 saturated carbocycles. The molecule has 0 fully saturated rings. The Morgan fingerprint density at radius 3 is 2.47 bits per heavy atom. The van der Waals surface area contributed by atoms with Gasteiger partial charge in [0.25, 0.3) is 5.91 Å². The molecule has 1 unspecified atom stereocenters. The first-order chi connectivity index (χ1) is 15.4. The van der Waals surface area contributed by atoms with E-state index < -0.39 is 25.1 Å². The number of esters is 1. The number of methoxy groups -OCH3 is 1. The summed E-state index contributed by atoms with van der Waals surface area (Å²) in [7, 11) is 1.43. The lowest BCUT2D eigenvalue weighted by atomic mass is 10.1. The Balaban J connectivity index is 1.45. The van der Waals surface area contributed by atoms with Crippen LogP contribution in [0.25, 0.3) is 0 Å². The van der Waals surface area contributed by atoms with Crippen LogP contribution in [-0.2, 0) is 14.3 Å². The molecule has 1 atom stereocenters. The molecule has 3 rings (SSSR count).